The Morgan fingerprint density at radius 2 is 2.15 bits per heavy atom. The number of rotatable bonds is 3. The van der Waals surface area contributed by atoms with Gasteiger partial charge in [-0.15, -0.1) is 0 Å². The summed E-state index contributed by atoms with van der Waals surface area (Å²) in [5, 5.41) is 15.9. The molecule has 1 amide bonds. The molecule has 1 saturated heterocycles. The molecule has 108 valence electrons. The highest BCUT2D eigenvalue weighted by molar-refractivity contribution is 5.93. The second-order valence-corrected chi connectivity index (χ2v) is 4.57. The summed E-state index contributed by atoms with van der Waals surface area (Å²) in [4.78, 5) is 21.5. The molecule has 0 radical (unpaired) electrons. The third kappa shape index (κ3) is 3.08. The van der Waals surface area contributed by atoms with Crippen molar-refractivity contribution in [1.29, 1.82) is 0 Å². The lowest BCUT2D eigenvalue weighted by molar-refractivity contribution is -0.387. The van der Waals surface area contributed by atoms with Crippen LogP contribution in [-0.4, -0.2) is 23.9 Å². The molecule has 1 aromatic carbocycles. The van der Waals surface area contributed by atoms with Crippen LogP contribution in [0.3, 0.4) is 0 Å². The van der Waals surface area contributed by atoms with Crippen molar-refractivity contribution in [2.75, 3.05) is 18.4 Å². The number of halogens is 2. The summed E-state index contributed by atoms with van der Waals surface area (Å²) in [6, 6.07) is 1.09. The van der Waals surface area contributed by atoms with E-state index in [1.165, 1.54) is 0 Å². The van der Waals surface area contributed by atoms with Crippen LogP contribution < -0.4 is 10.6 Å². The molecule has 8 heteroatoms. The van der Waals surface area contributed by atoms with E-state index < -0.39 is 28.2 Å². The Morgan fingerprint density at radius 3 is 2.75 bits per heavy atom. The second kappa shape index (κ2) is 5.91. The predicted octanol–water partition coefficient (Wildman–Crippen LogP) is 1.81. The topological polar surface area (TPSA) is 84.3 Å². The van der Waals surface area contributed by atoms with Crippen molar-refractivity contribution >= 4 is 17.3 Å². The highest BCUT2D eigenvalue weighted by Gasteiger charge is 2.24. The molecule has 1 aliphatic heterocycles. The minimum Gasteiger partial charge on any atom is -0.323 e. The Bertz CT molecular complexity index is 545. The van der Waals surface area contributed by atoms with E-state index in [0.29, 0.717) is 25.1 Å². The van der Waals surface area contributed by atoms with Crippen LogP contribution in [0.1, 0.15) is 12.8 Å². The Labute approximate surface area is 113 Å². The molecule has 1 aromatic rings. The third-order valence-electron chi connectivity index (χ3n) is 3.16. The molecule has 0 saturated carbocycles. The summed E-state index contributed by atoms with van der Waals surface area (Å²) in [6.45, 7) is 1.29. The molecule has 1 heterocycles. The first-order valence-corrected chi connectivity index (χ1v) is 6.14. The molecule has 0 spiro atoms. The van der Waals surface area contributed by atoms with E-state index in [4.69, 9.17) is 0 Å². The first kappa shape index (κ1) is 14.3. The smallest absolute Gasteiger partial charge is 0.307 e. The van der Waals surface area contributed by atoms with Crippen molar-refractivity contribution in [2.24, 2.45) is 5.92 Å². The molecule has 0 aromatic heterocycles. The number of nitrogens with one attached hydrogen (secondary N) is 2. The van der Waals surface area contributed by atoms with E-state index in [2.05, 4.69) is 10.6 Å². The molecule has 2 rings (SSSR count). The van der Waals surface area contributed by atoms with Crippen LogP contribution in [0.5, 0.6) is 0 Å². The van der Waals surface area contributed by atoms with Crippen LogP contribution in [0.4, 0.5) is 20.2 Å². The Balaban J connectivity index is 2.18. The zero-order valence-corrected chi connectivity index (χ0v) is 10.5. The molecule has 1 fully saturated rings. The quantitative estimate of drug-likeness (QED) is 0.655. The first-order valence-electron chi connectivity index (χ1n) is 6.14. The van der Waals surface area contributed by atoms with E-state index in [1.807, 2.05) is 0 Å². The number of nitro groups is 1. The lowest BCUT2D eigenvalue weighted by Crippen LogP contribution is -2.37. The standard InChI is InChI=1S/C12H13F2N3O3/c13-8-4-9(14)11(17(19)20)5-10(8)16-12(18)7-2-1-3-15-6-7/h4-5,7,15H,1-3,6H2,(H,16,18)/t7-/m1/s1. The van der Waals surface area contributed by atoms with Crippen molar-refractivity contribution in [3.8, 4) is 0 Å². The van der Waals surface area contributed by atoms with Gasteiger partial charge in [-0.2, -0.15) is 4.39 Å². The summed E-state index contributed by atoms with van der Waals surface area (Å²) < 4.78 is 26.7. The van der Waals surface area contributed by atoms with Crippen molar-refractivity contribution in [1.82, 2.24) is 5.32 Å². The van der Waals surface area contributed by atoms with Crippen LogP contribution >= 0.6 is 0 Å². The van der Waals surface area contributed by atoms with Gasteiger partial charge in [0.15, 0.2) is 0 Å². The van der Waals surface area contributed by atoms with Crippen molar-refractivity contribution in [2.45, 2.75) is 12.8 Å². The minimum absolute atomic E-state index is 0.327. The molecule has 0 aliphatic carbocycles. The number of carbonyl (C=O) groups excluding carboxylic acids is 1. The van der Waals surface area contributed by atoms with Crippen molar-refractivity contribution < 1.29 is 18.5 Å². The zero-order valence-electron chi connectivity index (χ0n) is 10.5. The molecule has 20 heavy (non-hydrogen) atoms. The second-order valence-electron chi connectivity index (χ2n) is 4.57. The summed E-state index contributed by atoms with van der Waals surface area (Å²) in [5.41, 5.74) is -1.25. The maximum atomic E-state index is 13.5. The fourth-order valence-corrected chi connectivity index (χ4v) is 2.08. The maximum absolute atomic E-state index is 13.5. The third-order valence-corrected chi connectivity index (χ3v) is 3.16. The van der Waals surface area contributed by atoms with Crippen LogP contribution in [0.25, 0.3) is 0 Å². The van der Waals surface area contributed by atoms with Gasteiger partial charge in [-0.3, -0.25) is 14.9 Å². The number of amides is 1. The van der Waals surface area contributed by atoms with Crippen molar-refractivity contribution in [3.63, 3.8) is 0 Å². The fourth-order valence-electron chi connectivity index (χ4n) is 2.08. The van der Waals surface area contributed by atoms with Crippen molar-refractivity contribution in [3.05, 3.63) is 33.9 Å². The number of hydrogen-bond acceptors (Lipinski definition) is 4. The summed E-state index contributed by atoms with van der Waals surface area (Å²) in [5.74, 6) is -3.07. The number of carbonyl (C=O) groups is 1. The van der Waals surface area contributed by atoms with Gasteiger partial charge in [-0.25, -0.2) is 4.39 Å². The van der Waals surface area contributed by atoms with Gasteiger partial charge in [-0.1, -0.05) is 0 Å². The van der Waals surface area contributed by atoms with Gasteiger partial charge >= 0.3 is 5.69 Å². The number of hydrogen-bond donors (Lipinski definition) is 2. The number of piperidine rings is 1. The van der Waals surface area contributed by atoms with E-state index in [0.717, 1.165) is 13.0 Å². The first-order chi connectivity index (χ1) is 9.49. The zero-order chi connectivity index (χ0) is 14.7. The van der Waals surface area contributed by atoms with Gasteiger partial charge in [0.2, 0.25) is 11.7 Å². The highest BCUT2D eigenvalue weighted by atomic mass is 19.1. The van der Waals surface area contributed by atoms with E-state index in [-0.39, 0.29) is 11.6 Å². The molecule has 0 unspecified atom stereocenters. The van der Waals surface area contributed by atoms with E-state index in [9.17, 15) is 23.7 Å². The van der Waals surface area contributed by atoms with Gasteiger partial charge < -0.3 is 10.6 Å². The van der Waals surface area contributed by atoms with E-state index >= 15 is 0 Å². The highest BCUT2D eigenvalue weighted by Crippen LogP contribution is 2.26. The largest absolute Gasteiger partial charge is 0.323 e. The van der Waals surface area contributed by atoms with Crippen LogP contribution in [-0.2, 0) is 4.79 Å². The molecular weight excluding hydrogens is 272 g/mol. The SMILES string of the molecule is O=C(Nc1cc([N+](=O)[O-])c(F)cc1F)[C@@H]1CCCNC1. The molecule has 2 N–H and O–H groups in total. The van der Waals surface area contributed by atoms with Gasteiger partial charge in [0.25, 0.3) is 0 Å². The van der Waals surface area contributed by atoms with E-state index in [1.54, 1.807) is 0 Å². The Kier molecular flexibility index (Phi) is 4.23. The molecule has 6 nitrogen and oxygen atoms in total. The molecule has 1 aliphatic rings. The van der Waals surface area contributed by atoms with Gasteiger partial charge in [0, 0.05) is 18.7 Å². The monoisotopic (exact) mass is 285 g/mol. The Hall–Kier alpha value is -2.09. The molecule has 0 bridgehead atoms. The lowest BCUT2D eigenvalue weighted by atomic mass is 9.99. The number of anilines is 1. The number of benzene rings is 1. The number of nitro benzene ring substituents is 1. The normalized spacial score (nSPS) is 18.6. The minimum atomic E-state index is -1.27. The van der Waals surface area contributed by atoms with Gasteiger partial charge in [0.1, 0.15) is 5.82 Å². The maximum Gasteiger partial charge on any atom is 0.307 e. The number of nitrogens with zero attached hydrogens (tertiary/aromatic N) is 1. The van der Waals surface area contributed by atoms with Gasteiger partial charge in [-0.05, 0) is 19.4 Å². The van der Waals surface area contributed by atoms with Gasteiger partial charge in [0.05, 0.1) is 16.5 Å². The van der Waals surface area contributed by atoms with Crippen LogP contribution in [0, 0.1) is 27.7 Å². The summed E-state index contributed by atoms with van der Waals surface area (Å²) in [7, 11) is 0. The average molecular weight is 285 g/mol. The lowest BCUT2D eigenvalue weighted by Gasteiger charge is -2.21. The Morgan fingerprint density at radius 1 is 1.40 bits per heavy atom. The van der Waals surface area contributed by atoms with Crippen LogP contribution in [0.2, 0.25) is 0 Å². The summed E-state index contributed by atoms with van der Waals surface area (Å²) in [6.07, 6.45) is 1.48. The molecule has 1 atom stereocenters. The van der Waals surface area contributed by atoms with Crippen LogP contribution in [0.15, 0.2) is 12.1 Å². The summed E-state index contributed by atoms with van der Waals surface area (Å²) >= 11 is 0. The average Bonchev–Trinajstić information content (AvgIpc) is 2.42. The predicted molar refractivity (Wildman–Crippen MR) is 67.2 cm³/mol. The fraction of sp³-hybridized carbons (Fsp3) is 0.417. The molecular formula is C12H13F2N3O3.